The Kier molecular flexibility index (Phi) is 4.09. The van der Waals surface area contributed by atoms with Gasteiger partial charge in [-0.3, -0.25) is 0 Å². The molecule has 0 fully saturated rings. The van der Waals surface area contributed by atoms with Gasteiger partial charge in [-0.15, -0.1) is 0 Å². The first-order valence-electron chi connectivity index (χ1n) is 4.33. The molecule has 2 rings (SSSR count). The largest absolute Gasteiger partial charge is 0.0804 e. The van der Waals surface area contributed by atoms with E-state index in [1.165, 1.54) is 11.1 Å². The van der Waals surface area contributed by atoms with E-state index in [1.807, 2.05) is 0 Å². The first-order chi connectivity index (χ1) is 5.95. The molecule has 0 nitrogen and oxygen atoms in total. The van der Waals surface area contributed by atoms with Gasteiger partial charge in [0.2, 0.25) is 0 Å². The van der Waals surface area contributed by atoms with Crippen molar-refractivity contribution in [3.63, 3.8) is 0 Å². The SMILES string of the molecule is C1=CCC(Cc2ccccc2)=C1.[Li]. The molecule has 0 bridgehead atoms. The van der Waals surface area contributed by atoms with E-state index in [2.05, 4.69) is 48.6 Å². The summed E-state index contributed by atoms with van der Waals surface area (Å²) >= 11 is 0. The average Bonchev–Trinajstić information content (AvgIpc) is 2.59. The van der Waals surface area contributed by atoms with Gasteiger partial charge in [0, 0.05) is 18.9 Å². The minimum atomic E-state index is 0. The smallest absolute Gasteiger partial charge is 0 e. The van der Waals surface area contributed by atoms with Crippen LogP contribution in [-0.4, -0.2) is 18.9 Å². The zero-order valence-electron chi connectivity index (χ0n) is 8.03. The molecule has 1 aromatic rings. The minimum absolute atomic E-state index is 0. The van der Waals surface area contributed by atoms with E-state index in [0.717, 1.165) is 12.8 Å². The van der Waals surface area contributed by atoms with Crippen LogP contribution in [0.4, 0.5) is 0 Å². The fourth-order valence-electron chi connectivity index (χ4n) is 1.48. The molecule has 0 aliphatic heterocycles. The molecule has 61 valence electrons. The summed E-state index contributed by atoms with van der Waals surface area (Å²) in [5.74, 6) is 0. The van der Waals surface area contributed by atoms with Gasteiger partial charge in [-0.1, -0.05) is 54.1 Å². The Hall–Kier alpha value is -0.703. The van der Waals surface area contributed by atoms with Crippen LogP contribution >= 0.6 is 0 Å². The number of benzene rings is 1. The quantitative estimate of drug-likeness (QED) is 0.588. The second kappa shape index (κ2) is 5.12. The second-order valence-corrected chi connectivity index (χ2v) is 3.12. The first-order valence-corrected chi connectivity index (χ1v) is 4.33. The molecule has 0 N–H and O–H groups in total. The summed E-state index contributed by atoms with van der Waals surface area (Å²) in [7, 11) is 0. The van der Waals surface area contributed by atoms with Gasteiger partial charge in [-0.2, -0.15) is 0 Å². The summed E-state index contributed by atoms with van der Waals surface area (Å²) in [6.45, 7) is 0. The molecule has 1 heteroatoms. The molecule has 1 aliphatic carbocycles. The van der Waals surface area contributed by atoms with Crippen LogP contribution in [0.2, 0.25) is 0 Å². The monoisotopic (exact) mass is 163 g/mol. The maximum absolute atomic E-state index is 2.22. The molecule has 0 heterocycles. The minimum Gasteiger partial charge on any atom is -0.0804 e. The number of rotatable bonds is 2. The van der Waals surface area contributed by atoms with Crippen molar-refractivity contribution in [2.45, 2.75) is 12.8 Å². The molecular weight excluding hydrogens is 151 g/mol. The molecular formula is C12H12Li. The van der Waals surface area contributed by atoms with Crippen molar-refractivity contribution < 1.29 is 0 Å². The molecule has 0 amide bonds. The van der Waals surface area contributed by atoms with Crippen molar-refractivity contribution in [2.24, 2.45) is 0 Å². The van der Waals surface area contributed by atoms with Crippen LogP contribution < -0.4 is 0 Å². The third kappa shape index (κ3) is 2.92. The molecule has 0 saturated heterocycles. The van der Waals surface area contributed by atoms with E-state index >= 15 is 0 Å². The molecule has 1 radical (unpaired) electrons. The molecule has 1 aromatic carbocycles. The predicted molar refractivity (Wildman–Crippen MR) is 57.7 cm³/mol. The van der Waals surface area contributed by atoms with Gasteiger partial charge < -0.3 is 0 Å². The van der Waals surface area contributed by atoms with Gasteiger partial charge in [-0.25, -0.2) is 0 Å². The van der Waals surface area contributed by atoms with Crippen LogP contribution in [0.15, 0.2) is 54.1 Å². The van der Waals surface area contributed by atoms with Crippen LogP contribution in [0.5, 0.6) is 0 Å². The van der Waals surface area contributed by atoms with E-state index in [9.17, 15) is 0 Å². The van der Waals surface area contributed by atoms with Crippen LogP contribution in [-0.2, 0) is 6.42 Å². The van der Waals surface area contributed by atoms with Gasteiger partial charge >= 0.3 is 0 Å². The number of allylic oxidation sites excluding steroid dienone is 4. The van der Waals surface area contributed by atoms with Crippen molar-refractivity contribution in [1.29, 1.82) is 0 Å². The fraction of sp³-hybridized carbons (Fsp3) is 0.167. The van der Waals surface area contributed by atoms with E-state index in [4.69, 9.17) is 0 Å². The van der Waals surface area contributed by atoms with Crippen LogP contribution in [0.1, 0.15) is 12.0 Å². The van der Waals surface area contributed by atoms with E-state index in [-0.39, 0.29) is 18.9 Å². The van der Waals surface area contributed by atoms with Crippen molar-refractivity contribution in [1.82, 2.24) is 0 Å². The summed E-state index contributed by atoms with van der Waals surface area (Å²) in [6, 6.07) is 10.6. The zero-order chi connectivity index (χ0) is 8.23. The molecule has 0 spiro atoms. The summed E-state index contributed by atoms with van der Waals surface area (Å²) < 4.78 is 0. The molecule has 13 heavy (non-hydrogen) atoms. The van der Waals surface area contributed by atoms with Crippen LogP contribution in [0.25, 0.3) is 0 Å². The maximum Gasteiger partial charge on any atom is 0 e. The fourth-order valence-corrected chi connectivity index (χ4v) is 1.48. The number of hydrogen-bond donors (Lipinski definition) is 0. The Bertz CT molecular complexity index is 309. The van der Waals surface area contributed by atoms with Gasteiger partial charge in [0.05, 0.1) is 0 Å². The normalized spacial score (nSPS) is 13.7. The van der Waals surface area contributed by atoms with Crippen molar-refractivity contribution in [3.05, 3.63) is 59.7 Å². The summed E-state index contributed by atoms with van der Waals surface area (Å²) in [5, 5.41) is 0. The van der Waals surface area contributed by atoms with Crippen molar-refractivity contribution in [3.8, 4) is 0 Å². The third-order valence-electron chi connectivity index (χ3n) is 2.12. The van der Waals surface area contributed by atoms with Gasteiger partial charge in [0.1, 0.15) is 0 Å². The zero-order valence-corrected chi connectivity index (χ0v) is 8.03. The standard InChI is InChI=1S/C12H12.Li/c1-2-6-11(7-3-1)10-12-8-4-5-9-12;/h1-8H,9-10H2;. The predicted octanol–water partition coefficient (Wildman–Crippen LogP) is 2.73. The Labute approximate surface area is 91.5 Å². The Morgan fingerprint density at radius 1 is 1.08 bits per heavy atom. The first kappa shape index (κ1) is 10.4. The third-order valence-corrected chi connectivity index (χ3v) is 2.12. The van der Waals surface area contributed by atoms with Gasteiger partial charge in [-0.05, 0) is 18.4 Å². The van der Waals surface area contributed by atoms with E-state index < -0.39 is 0 Å². The summed E-state index contributed by atoms with van der Waals surface area (Å²) in [5.41, 5.74) is 2.92. The molecule has 0 unspecified atom stereocenters. The molecule has 0 saturated carbocycles. The van der Waals surface area contributed by atoms with Crippen molar-refractivity contribution in [2.75, 3.05) is 0 Å². The number of hydrogen-bond acceptors (Lipinski definition) is 0. The van der Waals surface area contributed by atoms with Crippen molar-refractivity contribution >= 4 is 18.9 Å². The Balaban J connectivity index is 0.000000845. The van der Waals surface area contributed by atoms with E-state index in [1.54, 1.807) is 0 Å². The van der Waals surface area contributed by atoms with Crippen LogP contribution in [0, 0.1) is 0 Å². The summed E-state index contributed by atoms with van der Waals surface area (Å²) in [4.78, 5) is 0. The van der Waals surface area contributed by atoms with E-state index in [0.29, 0.717) is 0 Å². The summed E-state index contributed by atoms with van der Waals surface area (Å²) in [6.07, 6.45) is 8.80. The topological polar surface area (TPSA) is 0 Å². The maximum atomic E-state index is 2.22. The molecule has 1 aliphatic rings. The van der Waals surface area contributed by atoms with Gasteiger partial charge in [0.15, 0.2) is 0 Å². The molecule has 0 aromatic heterocycles. The van der Waals surface area contributed by atoms with Gasteiger partial charge in [0.25, 0.3) is 0 Å². The average molecular weight is 163 g/mol. The Morgan fingerprint density at radius 2 is 1.85 bits per heavy atom. The Morgan fingerprint density at radius 3 is 2.46 bits per heavy atom. The second-order valence-electron chi connectivity index (χ2n) is 3.12. The van der Waals surface area contributed by atoms with Crippen LogP contribution in [0.3, 0.4) is 0 Å². The molecule has 0 atom stereocenters.